The molecule has 0 heterocycles. The second-order valence-corrected chi connectivity index (χ2v) is 0. The first-order chi connectivity index (χ1) is 0. The third kappa shape index (κ3) is 8.82. The van der Waals surface area contributed by atoms with Crippen LogP contribution in [0, 0.1) is 0 Å². The van der Waals surface area contributed by atoms with Crippen molar-refractivity contribution in [3.63, 3.8) is 0 Å². The molecule has 0 atom stereocenters. The first-order valence-corrected chi connectivity index (χ1v) is 0. The summed E-state index contributed by atoms with van der Waals surface area (Å²) in [6.45, 7) is 0. The first kappa shape index (κ1) is 30.5. The topological polar surface area (TPSA) is 0 Å². The average molecular weight is 301 g/mol. The van der Waals surface area contributed by atoms with E-state index in [1.165, 1.54) is 0 Å². The molecule has 0 aliphatic heterocycles. The Morgan fingerprint density at radius 2 is 1.00 bits per heavy atom. The van der Waals surface area contributed by atoms with Crippen LogP contribution < -0.4 is 0 Å². The van der Waals surface area contributed by atoms with Gasteiger partial charge in [-0.1, -0.05) is 0 Å². The third-order valence-corrected chi connectivity index (χ3v) is 0. The monoisotopic (exact) mass is 302 g/mol. The zero-order valence-corrected chi connectivity index (χ0v) is 9.43. The molecule has 0 aromatic heterocycles. The van der Waals surface area contributed by atoms with E-state index in [1.54, 1.807) is 0 Å². The molecule has 0 N–H and O–H groups in total. The van der Waals surface area contributed by atoms with Crippen molar-refractivity contribution in [2.45, 2.75) is 0 Å². The summed E-state index contributed by atoms with van der Waals surface area (Å²) in [5.41, 5.74) is 0. The number of hydrogen-bond donors (Lipinski definition) is 0. The molecular weight excluding hydrogens is 301 g/mol. The van der Waals surface area contributed by atoms with Crippen molar-refractivity contribution >= 4 is 42.9 Å². The molecule has 0 aliphatic carbocycles. The van der Waals surface area contributed by atoms with E-state index in [0.717, 1.165) is 0 Å². The van der Waals surface area contributed by atoms with Crippen LogP contribution in [0.2, 0.25) is 0 Å². The Bertz CT molecular complexity index is 8.00. The summed E-state index contributed by atoms with van der Waals surface area (Å²) in [5, 5.41) is 0. The van der Waals surface area contributed by atoms with E-state index < -0.39 is 0 Å². The van der Waals surface area contributed by atoms with Gasteiger partial charge in [0.15, 0.2) is 0 Å². The normalized spacial score (nSPS) is 0. The molecule has 0 spiro atoms. The van der Waals surface area contributed by atoms with Crippen molar-refractivity contribution in [3.05, 3.63) is 0 Å². The maximum atomic E-state index is 0. The summed E-state index contributed by atoms with van der Waals surface area (Å²) in [5.74, 6) is 0. The van der Waals surface area contributed by atoms with E-state index in [-0.39, 0.29) is 81.4 Å². The van der Waals surface area contributed by atoms with E-state index in [2.05, 4.69) is 0 Å². The largest absolute Gasteiger partial charge is 4.00 e. The van der Waals surface area contributed by atoms with Crippen LogP contribution in [0.5, 0.6) is 0 Å². The molecule has 0 rings (SSSR count). The van der Waals surface area contributed by atoms with E-state index >= 15 is 0 Å². The molecule has 0 aromatic rings. The van der Waals surface area contributed by atoms with Crippen molar-refractivity contribution in [2.75, 3.05) is 0 Å². The van der Waals surface area contributed by atoms with Gasteiger partial charge in [0.1, 0.15) is 0 Å². The van der Waals surface area contributed by atoms with Crippen LogP contribution in [0.3, 0.4) is 0 Å². The fourth-order valence-corrected chi connectivity index (χ4v) is 0. The minimum Gasteiger partial charge on any atom is 1.00 e. The molecule has 0 saturated carbocycles. The predicted octanol–water partition coefficient (Wildman–Crippen LogP) is -0.767. The van der Waals surface area contributed by atoms with Crippen LogP contribution in [0.25, 0.3) is 0 Å². The van der Waals surface area contributed by atoms with Gasteiger partial charge in [0, 0.05) is 0 Å². The first-order valence-electron chi connectivity index (χ1n) is 0. The van der Waals surface area contributed by atoms with Crippen LogP contribution in [-0.4, -0.2) is 42.9 Å². The van der Waals surface area contributed by atoms with Gasteiger partial charge in [0.05, 0.1) is 0 Å². The van der Waals surface area contributed by atoms with Crippen LogP contribution in [0.4, 0.5) is 0 Å². The minimum absolute atomic E-state index is 0. The molecule has 0 aliphatic rings. The van der Waals surface area contributed by atoms with Crippen LogP contribution in [-0.2, 0) is 38.5 Å². The maximum absolute atomic E-state index is 0. The Balaban J connectivity index is 0. The second-order valence-electron chi connectivity index (χ2n) is 0. The quantitative estimate of drug-likeness (QED) is 0.516. The van der Waals surface area contributed by atoms with E-state index in [0.29, 0.717) is 0 Å². The summed E-state index contributed by atoms with van der Waals surface area (Å²) in [4.78, 5) is 0. The smallest absolute Gasteiger partial charge is 1.00 e. The van der Waals surface area contributed by atoms with Gasteiger partial charge in [-0.05, 0) is 0 Å². The van der Waals surface area contributed by atoms with Gasteiger partial charge >= 0.3 is 81.4 Å². The van der Waals surface area contributed by atoms with Crippen molar-refractivity contribution in [2.24, 2.45) is 0 Å². The molecule has 12 valence electrons. The molecule has 0 nitrogen and oxygen atoms in total. The van der Waals surface area contributed by atoms with Crippen LogP contribution in [0.1, 0.15) is 0 Å². The Labute approximate surface area is 80.2 Å². The zero-order valence-electron chi connectivity index (χ0n) is 1.82. The summed E-state index contributed by atoms with van der Waals surface area (Å²) in [6, 6.07) is 0. The SMILES string of the molecule is [Co+].[In+3].[Se+2].[Ti+4]. The molecule has 4 heteroatoms. The molecule has 0 bridgehead atoms. The van der Waals surface area contributed by atoms with Crippen molar-refractivity contribution < 1.29 is 38.5 Å². The maximum Gasteiger partial charge on any atom is 4.00 e. The van der Waals surface area contributed by atoms with E-state index in [4.69, 9.17) is 0 Å². The average Bonchev–Trinajstić information content (AvgIpc) is 0. The van der Waals surface area contributed by atoms with Crippen molar-refractivity contribution in [3.8, 4) is 0 Å². The minimum atomic E-state index is 0. The summed E-state index contributed by atoms with van der Waals surface area (Å²) in [7, 11) is 0. The molecular formula is CoInSeTi+10. The molecule has 0 unspecified atom stereocenters. The van der Waals surface area contributed by atoms with Crippen LogP contribution >= 0.6 is 0 Å². The second kappa shape index (κ2) is 17.5. The molecule has 4 radical (unpaired) electrons. The zero-order chi connectivity index (χ0) is 0. The Hall–Kier alpha value is 2.61. The van der Waals surface area contributed by atoms with Gasteiger partial charge in [-0.3, -0.25) is 0 Å². The standard InChI is InChI=1S/Co.In.Se.Ti/q+1;+3;+2;+4. The van der Waals surface area contributed by atoms with Gasteiger partial charge in [-0.2, -0.15) is 0 Å². The summed E-state index contributed by atoms with van der Waals surface area (Å²) in [6.07, 6.45) is 0. The summed E-state index contributed by atoms with van der Waals surface area (Å²) < 4.78 is 0. The van der Waals surface area contributed by atoms with E-state index in [1.807, 2.05) is 0 Å². The van der Waals surface area contributed by atoms with Crippen molar-refractivity contribution in [1.29, 1.82) is 0 Å². The molecule has 0 saturated heterocycles. The Kier molecular flexibility index (Phi) is 134. The van der Waals surface area contributed by atoms with Crippen LogP contribution in [0.15, 0.2) is 0 Å². The van der Waals surface area contributed by atoms with Gasteiger partial charge < -0.3 is 0 Å². The molecule has 0 fully saturated rings. The van der Waals surface area contributed by atoms with Gasteiger partial charge in [0.2, 0.25) is 0 Å². The Morgan fingerprint density at radius 1 is 1.00 bits per heavy atom. The molecule has 4 heavy (non-hydrogen) atoms. The Morgan fingerprint density at radius 3 is 1.00 bits per heavy atom. The van der Waals surface area contributed by atoms with Gasteiger partial charge in [0.25, 0.3) is 0 Å². The fourth-order valence-electron chi connectivity index (χ4n) is 0. The van der Waals surface area contributed by atoms with Gasteiger partial charge in [-0.15, -0.1) is 0 Å². The molecule has 0 amide bonds. The van der Waals surface area contributed by atoms with Crippen molar-refractivity contribution in [1.82, 2.24) is 0 Å². The fraction of sp³-hybridized carbons (Fsp3) is 0. The predicted molar refractivity (Wildman–Crippen MR) is 11.5 cm³/mol. The summed E-state index contributed by atoms with van der Waals surface area (Å²) >= 11 is 0. The number of rotatable bonds is 0. The molecule has 0 aromatic carbocycles. The van der Waals surface area contributed by atoms with Gasteiger partial charge in [-0.25, -0.2) is 0 Å². The number of hydrogen-bond acceptors (Lipinski definition) is 0. The third-order valence-electron chi connectivity index (χ3n) is 0. The van der Waals surface area contributed by atoms with E-state index in [9.17, 15) is 0 Å².